The van der Waals surface area contributed by atoms with Crippen molar-refractivity contribution in [2.24, 2.45) is 0 Å². The smallest absolute Gasteiger partial charge is 0.212 e. The second-order valence-corrected chi connectivity index (χ2v) is 6.03. The zero-order chi connectivity index (χ0) is 10.6. The Morgan fingerprint density at radius 2 is 1.93 bits per heavy atom. The topological polar surface area (TPSA) is 46.2 Å². The number of rotatable bonds is 4. The van der Waals surface area contributed by atoms with Crippen LogP contribution in [0.2, 0.25) is 0 Å². The predicted octanol–water partition coefficient (Wildman–Crippen LogP) is 2.02. The van der Waals surface area contributed by atoms with Crippen LogP contribution in [0.4, 0.5) is 0 Å². The Hall–Kier alpha value is -0.390. The quantitative estimate of drug-likeness (QED) is 0.856. The van der Waals surface area contributed by atoms with Gasteiger partial charge in [0.1, 0.15) is 4.66 Å². The highest BCUT2D eigenvalue weighted by Crippen LogP contribution is 2.12. The average Bonchev–Trinajstić information content (AvgIpc) is 2.19. The monoisotopic (exact) mass is 277 g/mol. The van der Waals surface area contributed by atoms with Gasteiger partial charge in [-0.2, -0.15) is 0 Å². The molecule has 1 aromatic rings. The molecule has 14 heavy (non-hydrogen) atoms. The molecule has 1 atom stereocenters. The maximum atomic E-state index is 11.2. The van der Waals surface area contributed by atoms with Crippen LogP contribution in [0.5, 0.6) is 0 Å². The third kappa shape index (κ3) is 3.40. The van der Waals surface area contributed by atoms with Crippen LogP contribution in [0.15, 0.2) is 30.3 Å². The van der Waals surface area contributed by atoms with Crippen molar-refractivity contribution in [1.29, 1.82) is 0 Å². The third-order valence-corrected chi connectivity index (χ3v) is 4.61. The molecule has 0 unspecified atom stereocenters. The van der Waals surface area contributed by atoms with Crippen molar-refractivity contribution in [3.05, 3.63) is 35.9 Å². The van der Waals surface area contributed by atoms with Gasteiger partial charge in [0, 0.05) is 6.04 Å². The van der Waals surface area contributed by atoms with E-state index in [-0.39, 0.29) is 10.7 Å². The Morgan fingerprint density at radius 3 is 2.43 bits per heavy atom. The van der Waals surface area contributed by atoms with Gasteiger partial charge >= 0.3 is 0 Å². The first-order chi connectivity index (χ1) is 6.55. The molecule has 0 radical (unpaired) electrons. The van der Waals surface area contributed by atoms with Crippen molar-refractivity contribution in [2.75, 3.05) is 4.66 Å². The van der Waals surface area contributed by atoms with Crippen molar-refractivity contribution in [3.63, 3.8) is 0 Å². The molecule has 0 bridgehead atoms. The van der Waals surface area contributed by atoms with E-state index in [1.165, 1.54) is 0 Å². The molecule has 0 fully saturated rings. The number of alkyl halides is 1. The molecule has 1 N–H and O–H groups in total. The average molecular weight is 278 g/mol. The van der Waals surface area contributed by atoms with Crippen molar-refractivity contribution < 1.29 is 8.42 Å². The summed E-state index contributed by atoms with van der Waals surface area (Å²) < 4.78 is 24.9. The Morgan fingerprint density at radius 1 is 1.36 bits per heavy atom. The summed E-state index contributed by atoms with van der Waals surface area (Å²) in [6, 6.07) is 9.25. The molecular weight excluding hydrogens is 266 g/mol. The molecular formula is C9H12BrNO2S. The Balaban J connectivity index is 2.74. The summed E-state index contributed by atoms with van der Waals surface area (Å²) in [5.74, 6) is 0. The fourth-order valence-electron chi connectivity index (χ4n) is 1.11. The Bertz CT molecular complexity index is 377. The summed E-state index contributed by atoms with van der Waals surface area (Å²) in [6.07, 6.45) is 0. The Labute approximate surface area is 92.7 Å². The highest BCUT2D eigenvalue weighted by atomic mass is 79.9. The molecule has 3 nitrogen and oxygen atoms in total. The fraction of sp³-hybridized carbons (Fsp3) is 0.333. The molecule has 0 aliphatic carbocycles. The highest BCUT2D eigenvalue weighted by molar-refractivity contribution is 9.10. The lowest BCUT2D eigenvalue weighted by Crippen LogP contribution is -2.27. The zero-order valence-corrected chi connectivity index (χ0v) is 10.2. The molecule has 0 spiro atoms. The van der Waals surface area contributed by atoms with Gasteiger partial charge < -0.3 is 0 Å². The van der Waals surface area contributed by atoms with Gasteiger partial charge in [-0.25, -0.2) is 13.1 Å². The first kappa shape index (κ1) is 11.7. The number of sulfonamides is 1. The standard InChI is InChI=1S/C9H12BrNO2S/c1-8(11-14(12,13)7-10)9-5-3-2-4-6-9/h2-6,8,11H,7H2,1H3/t8-/m0/s1. The van der Waals surface area contributed by atoms with Crippen LogP contribution in [0, 0.1) is 0 Å². The number of hydrogen-bond acceptors (Lipinski definition) is 2. The molecule has 0 aliphatic rings. The van der Waals surface area contributed by atoms with E-state index >= 15 is 0 Å². The van der Waals surface area contributed by atoms with Crippen LogP contribution in [-0.4, -0.2) is 13.1 Å². The van der Waals surface area contributed by atoms with E-state index in [0.717, 1.165) is 5.56 Å². The second kappa shape index (κ2) is 4.91. The Kier molecular flexibility index (Phi) is 4.10. The van der Waals surface area contributed by atoms with Crippen molar-refractivity contribution in [1.82, 2.24) is 4.72 Å². The van der Waals surface area contributed by atoms with E-state index in [4.69, 9.17) is 0 Å². The summed E-state index contributed by atoms with van der Waals surface area (Å²) >= 11 is 2.92. The highest BCUT2D eigenvalue weighted by Gasteiger charge is 2.13. The maximum absolute atomic E-state index is 11.2. The van der Waals surface area contributed by atoms with Crippen LogP contribution in [-0.2, 0) is 10.0 Å². The van der Waals surface area contributed by atoms with E-state index in [1.807, 2.05) is 37.3 Å². The lowest BCUT2D eigenvalue weighted by molar-refractivity contribution is 0.572. The molecule has 1 rings (SSSR count). The van der Waals surface area contributed by atoms with Crippen LogP contribution in [0.1, 0.15) is 18.5 Å². The lowest BCUT2D eigenvalue weighted by atomic mass is 10.1. The number of benzene rings is 1. The zero-order valence-electron chi connectivity index (χ0n) is 7.77. The first-order valence-corrected chi connectivity index (χ1v) is 6.93. The second-order valence-electron chi connectivity index (χ2n) is 2.97. The van der Waals surface area contributed by atoms with Crippen LogP contribution in [0.25, 0.3) is 0 Å². The molecule has 78 valence electrons. The minimum absolute atomic E-state index is 0.0722. The third-order valence-electron chi connectivity index (χ3n) is 1.80. The van der Waals surface area contributed by atoms with Gasteiger partial charge in [-0.15, -0.1) is 0 Å². The van der Waals surface area contributed by atoms with E-state index in [0.29, 0.717) is 0 Å². The van der Waals surface area contributed by atoms with Crippen molar-refractivity contribution in [2.45, 2.75) is 13.0 Å². The summed E-state index contributed by atoms with van der Waals surface area (Å²) in [6.45, 7) is 1.82. The number of nitrogens with one attached hydrogen (secondary N) is 1. The first-order valence-electron chi connectivity index (χ1n) is 4.16. The van der Waals surface area contributed by atoms with E-state index < -0.39 is 10.0 Å². The molecule has 0 amide bonds. The minimum atomic E-state index is -3.20. The SMILES string of the molecule is C[C@H](NS(=O)(=O)CBr)c1ccccc1. The predicted molar refractivity (Wildman–Crippen MR) is 60.7 cm³/mol. The molecule has 1 aromatic carbocycles. The van der Waals surface area contributed by atoms with Crippen molar-refractivity contribution >= 4 is 26.0 Å². The lowest BCUT2D eigenvalue weighted by Gasteiger charge is -2.12. The largest absolute Gasteiger partial charge is 0.222 e. The van der Waals surface area contributed by atoms with Gasteiger partial charge in [-0.1, -0.05) is 46.3 Å². The van der Waals surface area contributed by atoms with Gasteiger partial charge in [0.2, 0.25) is 10.0 Å². The number of hydrogen-bond donors (Lipinski definition) is 1. The van der Waals surface area contributed by atoms with E-state index in [9.17, 15) is 8.42 Å². The van der Waals surface area contributed by atoms with E-state index in [2.05, 4.69) is 20.7 Å². The summed E-state index contributed by atoms with van der Waals surface area (Å²) in [5.41, 5.74) is 0.956. The molecule has 0 saturated carbocycles. The van der Waals surface area contributed by atoms with Gasteiger partial charge in [0.05, 0.1) is 0 Å². The fourth-order valence-corrected chi connectivity index (χ4v) is 2.24. The summed E-state index contributed by atoms with van der Waals surface area (Å²) in [7, 11) is -3.20. The van der Waals surface area contributed by atoms with Crippen LogP contribution in [0.3, 0.4) is 0 Å². The maximum Gasteiger partial charge on any atom is 0.222 e. The van der Waals surface area contributed by atoms with Crippen LogP contribution >= 0.6 is 15.9 Å². The van der Waals surface area contributed by atoms with Crippen molar-refractivity contribution in [3.8, 4) is 0 Å². The van der Waals surface area contributed by atoms with E-state index in [1.54, 1.807) is 0 Å². The molecule has 5 heteroatoms. The molecule has 0 heterocycles. The van der Waals surface area contributed by atoms with Gasteiger partial charge in [-0.3, -0.25) is 0 Å². The number of halogens is 1. The minimum Gasteiger partial charge on any atom is -0.212 e. The van der Waals surface area contributed by atoms with Gasteiger partial charge in [0.25, 0.3) is 0 Å². The molecule has 0 aliphatic heterocycles. The molecule has 0 saturated heterocycles. The normalized spacial score (nSPS) is 13.9. The molecule has 0 aromatic heterocycles. The summed E-state index contributed by atoms with van der Waals surface area (Å²) in [4.78, 5) is 0. The van der Waals surface area contributed by atoms with Crippen LogP contribution < -0.4 is 4.72 Å². The van der Waals surface area contributed by atoms with Gasteiger partial charge in [0.15, 0.2) is 0 Å². The summed E-state index contributed by atoms with van der Waals surface area (Å²) in [5, 5.41) is 0. The van der Waals surface area contributed by atoms with Gasteiger partial charge in [-0.05, 0) is 12.5 Å².